The van der Waals surface area contributed by atoms with Crippen molar-refractivity contribution in [1.82, 2.24) is 0 Å². The summed E-state index contributed by atoms with van der Waals surface area (Å²) in [5.41, 5.74) is 1.66. The maximum atomic E-state index is 12.8. The van der Waals surface area contributed by atoms with Gasteiger partial charge in [0.15, 0.2) is 4.75 Å². The summed E-state index contributed by atoms with van der Waals surface area (Å²) in [6.07, 6.45) is 4.23. The highest BCUT2D eigenvalue weighted by molar-refractivity contribution is 7.99. The molecule has 1 aromatic heterocycles. The van der Waals surface area contributed by atoms with Gasteiger partial charge in [0.2, 0.25) is 5.78 Å². The Morgan fingerprint density at radius 2 is 1.95 bits per heavy atom. The van der Waals surface area contributed by atoms with Crippen LogP contribution < -0.4 is 0 Å². The highest BCUT2D eigenvalue weighted by Gasteiger charge is 2.47. The van der Waals surface area contributed by atoms with Crippen molar-refractivity contribution < 1.29 is 9.21 Å². The standard InChI is InChI=1S/C16H19O2S/c1-16(2,19-9-3-4-10-19)15(17)13-5-6-14-12(11-13)7-8-18-14/h5-8,11H,3-4,9-10H2,1-2H3/q+1. The first kappa shape index (κ1) is 12.8. The van der Waals surface area contributed by atoms with Crippen LogP contribution in [0.3, 0.4) is 0 Å². The van der Waals surface area contributed by atoms with Gasteiger partial charge in [-0.15, -0.1) is 0 Å². The number of carbonyl (C=O) groups is 1. The van der Waals surface area contributed by atoms with E-state index in [2.05, 4.69) is 13.8 Å². The van der Waals surface area contributed by atoms with Crippen molar-refractivity contribution in [1.29, 1.82) is 0 Å². The number of hydrogen-bond donors (Lipinski definition) is 0. The van der Waals surface area contributed by atoms with Gasteiger partial charge in [-0.1, -0.05) is 0 Å². The number of fused-ring (bicyclic) bond motifs is 1. The van der Waals surface area contributed by atoms with Crippen LogP contribution in [0, 0.1) is 0 Å². The van der Waals surface area contributed by atoms with Crippen LogP contribution in [0.15, 0.2) is 34.9 Å². The van der Waals surface area contributed by atoms with Gasteiger partial charge in [0.05, 0.1) is 6.26 Å². The molecular weight excluding hydrogens is 256 g/mol. The molecule has 0 radical (unpaired) electrons. The molecule has 0 N–H and O–H groups in total. The lowest BCUT2D eigenvalue weighted by atomic mass is 9.99. The molecule has 3 heteroatoms. The molecule has 2 heterocycles. The van der Waals surface area contributed by atoms with Crippen LogP contribution in [0.4, 0.5) is 0 Å². The fourth-order valence-electron chi connectivity index (χ4n) is 2.75. The van der Waals surface area contributed by atoms with E-state index in [1.54, 1.807) is 6.26 Å². The van der Waals surface area contributed by atoms with Crippen molar-refractivity contribution in [3.8, 4) is 0 Å². The Labute approximate surface area is 116 Å². The van der Waals surface area contributed by atoms with Crippen molar-refractivity contribution in [3.05, 3.63) is 36.1 Å². The van der Waals surface area contributed by atoms with Gasteiger partial charge >= 0.3 is 0 Å². The minimum Gasteiger partial charge on any atom is -0.464 e. The fraction of sp³-hybridized carbons (Fsp3) is 0.438. The molecule has 1 aliphatic rings. The van der Waals surface area contributed by atoms with Crippen LogP contribution in [-0.2, 0) is 10.9 Å². The van der Waals surface area contributed by atoms with Crippen molar-refractivity contribution in [2.75, 3.05) is 11.5 Å². The molecule has 100 valence electrons. The average molecular weight is 275 g/mol. The molecule has 1 aliphatic heterocycles. The van der Waals surface area contributed by atoms with E-state index in [4.69, 9.17) is 4.42 Å². The first-order chi connectivity index (χ1) is 9.09. The summed E-state index contributed by atoms with van der Waals surface area (Å²) < 4.78 is 5.10. The molecule has 0 aliphatic carbocycles. The van der Waals surface area contributed by atoms with Crippen LogP contribution in [0.2, 0.25) is 0 Å². The molecule has 0 saturated carbocycles. The topological polar surface area (TPSA) is 30.2 Å². The van der Waals surface area contributed by atoms with E-state index in [-0.39, 0.29) is 21.4 Å². The molecule has 0 unspecified atom stereocenters. The molecule has 0 spiro atoms. The van der Waals surface area contributed by atoms with E-state index in [0.717, 1.165) is 16.5 Å². The molecule has 2 nitrogen and oxygen atoms in total. The largest absolute Gasteiger partial charge is 0.464 e. The van der Waals surface area contributed by atoms with Gasteiger partial charge < -0.3 is 4.42 Å². The van der Waals surface area contributed by atoms with E-state index < -0.39 is 0 Å². The zero-order valence-corrected chi connectivity index (χ0v) is 12.3. The number of benzene rings is 1. The van der Waals surface area contributed by atoms with Crippen molar-refractivity contribution >= 4 is 27.6 Å². The third-order valence-electron chi connectivity index (χ3n) is 4.01. The van der Waals surface area contributed by atoms with Gasteiger partial charge in [-0.3, -0.25) is 4.79 Å². The molecule has 19 heavy (non-hydrogen) atoms. The maximum absolute atomic E-state index is 12.8. The Kier molecular flexibility index (Phi) is 3.17. The van der Waals surface area contributed by atoms with E-state index in [1.165, 1.54) is 24.3 Å². The van der Waals surface area contributed by atoms with E-state index in [1.807, 2.05) is 24.3 Å². The SMILES string of the molecule is CC(C)(C(=O)c1ccc2occc2c1)[S+]1CCCC1. The number of hydrogen-bond acceptors (Lipinski definition) is 2. The second kappa shape index (κ2) is 4.71. The number of Topliss-reactive ketones (excluding diaryl/α,β-unsaturated/α-hetero) is 1. The van der Waals surface area contributed by atoms with Gasteiger partial charge in [-0.2, -0.15) is 0 Å². The Morgan fingerprint density at radius 3 is 2.68 bits per heavy atom. The quantitative estimate of drug-likeness (QED) is 0.630. The van der Waals surface area contributed by atoms with Crippen LogP contribution >= 0.6 is 0 Å². The van der Waals surface area contributed by atoms with Crippen molar-refractivity contribution in [2.24, 2.45) is 0 Å². The van der Waals surface area contributed by atoms with Gasteiger partial charge in [0.25, 0.3) is 0 Å². The predicted molar refractivity (Wildman–Crippen MR) is 81.0 cm³/mol. The molecule has 0 bridgehead atoms. The Bertz CT molecular complexity index is 606. The summed E-state index contributed by atoms with van der Waals surface area (Å²) in [6.45, 7) is 4.23. The predicted octanol–water partition coefficient (Wildman–Crippen LogP) is 3.81. The highest BCUT2D eigenvalue weighted by Crippen LogP contribution is 2.31. The van der Waals surface area contributed by atoms with Gasteiger partial charge in [0, 0.05) is 21.8 Å². The normalized spacial score (nSPS) is 17.2. The minimum atomic E-state index is -0.228. The Balaban J connectivity index is 1.93. The van der Waals surface area contributed by atoms with Crippen LogP contribution in [0.1, 0.15) is 37.0 Å². The average Bonchev–Trinajstić information content (AvgIpc) is 3.07. The van der Waals surface area contributed by atoms with Gasteiger partial charge in [0.1, 0.15) is 17.1 Å². The summed E-state index contributed by atoms with van der Waals surface area (Å²) in [7, 11) is 0.235. The maximum Gasteiger partial charge on any atom is 0.217 e. The summed E-state index contributed by atoms with van der Waals surface area (Å²) in [5.74, 6) is 2.71. The third kappa shape index (κ3) is 2.20. The molecule has 3 rings (SSSR count). The van der Waals surface area contributed by atoms with Crippen LogP contribution in [0.25, 0.3) is 11.0 Å². The van der Waals surface area contributed by atoms with E-state index >= 15 is 0 Å². The van der Waals surface area contributed by atoms with Crippen molar-refractivity contribution in [3.63, 3.8) is 0 Å². The smallest absolute Gasteiger partial charge is 0.217 e. The molecular formula is C16H19O2S+. The summed E-state index contributed by atoms with van der Waals surface area (Å²) >= 11 is 0. The third-order valence-corrected chi connectivity index (χ3v) is 7.21. The van der Waals surface area contributed by atoms with E-state index in [0.29, 0.717) is 0 Å². The molecule has 1 saturated heterocycles. The van der Waals surface area contributed by atoms with Gasteiger partial charge in [-0.05, 0) is 51.0 Å². The zero-order chi connectivity index (χ0) is 13.5. The second-order valence-corrected chi connectivity index (χ2v) is 8.44. The number of rotatable bonds is 3. The summed E-state index contributed by atoms with van der Waals surface area (Å²) in [5, 5.41) is 1.01. The van der Waals surface area contributed by atoms with Crippen LogP contribution in [0.5, 0.6) is 0 Å². The molecule has 2 aromatic rings. The fourth-order valence-corrected chi connectivity index (χ4v) is 5.46. The lowest BCUT2D eigenvalue weighted by Crippen LogP contribution is -2.41. The van der Waals surface area contributed by atoms with Gasteiger partial charge in [-0.25, -0.2) is 0 Å². The summed E-state index contributed by atoms with van der Waals surface area (Å²) in [6, 6.07) is 7.67. The number of furan rings is 1. The number of carbonyl (C=O) groups excluding carboxylic acids is 1. The Hall–Kier alpha value is -1.22. The Morgan fingerprint density at radius 1 is 1.21 bits per heavy atom. The lowest BCUT2D eigenvalue weighted by Gasteiger charge is -2.21. The molecule has 0 atom stereocenters. The first-order valence-corrected chi connectivity index (χ1v) is 8.35. The molecule has 1 fully saturated rings. The lowest BCUT2D eigenvalue weighted by molar-refractivity contribution is 0.0957. The second-order valence-electron chi connectivity index (χ2n) is 5.62. The minimum absolute atomic E-state index is 0.228. The molecule has 0 amide bonds. The van der Waals surface area contributed by atoms with Crippen LogP contribution in [-0.4, -0.2) is 22.0 Å². The zero-order valence-electron chi connectivity index (χ0n) is 11.4. The monoisotopic (exact) mass is 275 g/mol. The highest BCUT2D eigenvalue weighted by atomic mass is 32.2. The van der Waals surface area contributed by atoms with Crippen molar-refractivity contribution in [2.45, 2.75) is 31.4 Å². The summed E-state index contributed by atoms with van der Waals surface area (Å²) in [4.78, 5) is 12.8. The molecule has 1 aromatic carbocycles. The van der Waals surface area contributed by atoms with E-state index in [9.17, 15) is 4.79 Å². The first-order valence-electron chi connectivity index (χ1n) is 6.79. The number of ketones is 1.